The Morgan fingerprint density at radius 1 is 1.11 bits per heavy atom. The van der Waals surface area contributed by atoms with Crippen molar-refractivity contribution in [2.45, 2.75) is 65.2 Å². The molecule has 3 N–H and O–H groups in total. The topological polar surface area (TPSA) is 105 Å². The number of alkyl carbamates (subject to hydrolysis) is 1. The first-order valence-electron chi connectivity index (χ1n) is 8.55. The standard InChI is InChI=1S/C18H27BBrNO6/c1-17(2,3)26-15(22)14(21-16(23)27-18(4,5)6)9-11-7-8-12(20)10-13(11)19(24)25/h7-8,10,14,24-25H,9H2,1-6H3,(H,21,23)/t14-/m0/s1. The first kappa shape index (κ1) is 23.5. The average Bonchev–Trinajstić information content (AvgIpc) is 2.44. The lowest BCUT2D eigenvalue weighted by Crippen LogP contribution is -2.48. The molecule has 0 radical (unpaired) electrons. The SMILES string of the molecule is CC(C)(C)OC(=O)N[C@@H](Cc1ccc(Br)cc1B(O)O)C(=O)OC(C)(C)C. The van der Waals surface area contributed by atoms with Crippen molar-refractivity contribution in [3.63, 3.8) is 0 Å². The largest absolute Gasteiger partial charge is 0.488 e. The van der Waals surface area contributed by atoms with Crippen LogP contribution in [-0.2, 0) is 20.7 Å². The number of carbonyl (C=O) groups excluding carboxylic acids is 2. The van der Waals surface area contributed by atoms with Crippen LogP contribution in [0.3, 0.4) is 0 Å². The number of benzene rings is 1. The third kappa shape index (κ3) is 8.77. The molecule has 1 atom stereocenters. The number of esters is 1. The van der Waals surface area contributed by atoms with E-state index in [0.717, 1.165) is 0 Å². The molecule has 0 saturated carbocycles. The van der Waals surface area contributed by atoms with Crippen molar-refractivity contribution in [1.29, 1.82) is 0 Å². The van der Waals surface area contributed by atoms with Crippen molar-refractivity contribution in [3.8, 4) is 0 Å². The minimum Gasteiger partial charge on any atom is -0.458 e. The van der Waals surface area contributed by atoms with Crippen LogP contribution in [0.2, 0.25) is 0 Å². The molecular formula is C18H27BBrNO6. The summed E-state index contributed by atoms with van der Waals surface area (Å²) >= 11 is 3.27. The van der Waals surface area contributed by atoms with Gasteiger partial charge in [0.1, 0.15) is 17.2 Å². The summed E-state index contributed by atoms with van der Waals surface area (Å²) in [5.41, 5.74) is -0.764. The van der Waals surface area contributed by atoms with Gasteiger partial charge in [0.15, 0.2) is 0 Å². The van der Waals surface area contributed by atoms with Gasteiger partial charge in [-0.3, -0.25) is 0 Å². The molecule has 0 aliphatic heterocycles. The lowest BCUT2D eigenvalue weighted by Gasteiger charge is -2.26. The van der Waals surface area contributed by atoms with Crippen LogP contribution in [0.4, 0.5) is 4.79 Å². The summed E-state index contributed by atoms with van der Waals surface area (Å²) in [6.07, 6.45) is -0.754. The summed E-state index contributed by atoms with van der Waals surface area (Å²) in [5.74, 6) is -0.644. The van der Waals surface area contributed by atoms with E-state index >= 15 is 0 Å². The third-order valence-electron chi connectivity index (χ3n) is 3.19. The number of rotatable bonds is 5. The Balaban J connectivity index is 3.11. The summed E-state index contributed by atoms with van der Waals surface area (Å²) in [6.45, 7) is 10.3. The maximum absolute atomic E-state index is 12.6. The summed E-state index contributed by atoms with van der Waals surface area (Å²) in [7, 11) is -1.72. The molecule has 9 heteroatoms. The molecule has 150 valence electrons. The van der Waals surface area contributed by atoms with Crippen LogP contribution >= 0.6 is 15.9 Å². The maximum Gasteiger partial charge on any atom is 0.488 e. The molecule has 0 unspecified atom stereocenters. The summed E-state index contributed by atoms with van der Waals surface area (Å²) in [6, 6.07) is 3.84. The molecule has 7 nitrogen and oxygen atoms in total. The minimum absolute atomic E-state index is 0.00832. The number of ether oxygens (including phenoxy) is 2. The number of carbonyl (C=O) groups is 2. The van der Waals surface area contributed by atoms with E-state index in [-0.39, 0.29) is 11.9 Å². The predicted molar refractivity (Wildman–Crippen MR) is 107 cm³/mol. The zero-order valence-electron chi connectivity index (χ0n) is 16.5. The lowest BCUT2D eigenvalue weighted by molar-refractivity contribution is -0.157. The van der Waals surface area contributed by atoms with E-state index < -0.39 is 36.4 Å². The van der Waals surface area contributed by atoms with Crippen LogP contribution in [0.5, 0.6) is 0 Å². The van der Waals surface area contributed by atoms with Gasteiger partial charge in [0.05, 0.1) is 0 Å². The van der Waals surface area contributed by atoms with Crippen LogP contribution < -0.4 is 10.8 Å². The molecule has 0 fully saturated rings. The highest BCUT2D eigenvalue weighted by Gasteiger charge is 2.30. The molecule has 0 aliphatic rings. The Labute approximate surface area is 168 Å². The fraction of sp³-hybridized carbons (Fsp3) is 0.556. The maximum atomic E-state index is 12.6. The van der Waals surface area contributed by atoms with Gasteiger partial charge in [-0.1, -0.05) is 22.0 Å². The second-order valence-corrected chi connectivity index (χ2v) is 9.07. The zero-order valence-corrected chi connectivity index (χ0v) is 18.1. The fourth-order valence-corrected chi connectivity index (χ4v) is 2.61. The van der Waals surface area contributed by atoms with Gasteiger partial charge >= 0.3 is 19.2 Å². The van der Waals surface area contributed by atoms with Gasteiger partial charge in [-0.15, -0.1) is 0 Å². The van der Waals surface area contributed by atoms with Crippen molar-refractivity contribution >= 4 is 40.6 Å². The van der Waals surface area contributed by atoms with E-state index in [0.29, 0.717) is 10.0 Å². The molecule has 0 bridgehead atoms. The Kier molecular flexibility index (Phi) is 7.89. The van der Waals surface area contributed by atoms with Crippen LogP contribution in [0.15, 0.2) is 22.7 Å². The van der Waals surface area contributed by atoms with E-state index in [2.05, 4.69) is 21.2 Å². The second-order valence-electron chi connectivity index (χ2n) is 8.15. The van der Waals surface area contributed by atoms with E-state index in [1.54, 1.807) is 59.7 Å². The van der Waals surface area contributed by atoms with Gasteiger partial charge in [0.25, 0.3) is 0 Å². The number of hydrogen-bond donors (Lipinski definition) is 3. The first-order chi connectivity index (χ1) is 12.2. The number of hydrogen-bond acceptors (Lipinski definition) is 6. The van der Waals surface area contributed by atoms with Crippen LogP contribution in [-0.4, -0.2) is 46.5 Å². The highest BCUT2D eigenvalue weighted by atomic mass is 79.9. The van der Waals surface area contributed by atoms with Gasteiger partial charge in [-0.2, -0.15) is 0 Å². The first-order valence-corrected chi connectivity index (χ1v) is 9.34. The number of halogens is 1. The average molecular weight is 444 g/mol. The third-order valence-corrected chi connectivity index (χ3v) is 3.69. The molecule has 0 aliphatic carbocycles. The predicted octanol–water partition coefficient (Wildman–Crippen LogP) is 1.91. The molecule has 1 aromatic rings. The molecule has 0 aromatic heterocycles. The van der Waals surface area contributed by atoms with E-state index in [9.17, 15) is 19.6 Å². The number of nitrogens with one attached hydrogen (secondary N) is 1. The van der Waals surface area contributed by atoms with E-state index in [4.69, 9.17) is 9.47 Å². The molecule has 27 heavy (non-hydrogen) atoms. The van der Waals surface area contributed by atoms with E-state index in [1.807, 2.05) is 0 Å². The van der Waals surface area contributed by atoms with Gasteiger partial charge in [0, 0.05) is 10.9 Å². The highest BCUT2D eigenvalue weighted by molar-refractivity contribution is 9.10. The lowest BCUT2D eigenvalue weighted by atomic mass is 9.76. The van der Waals surface area contributed by atoms with Gasteiger partial charge in [0.2, 0.25) is 0 Å². The smallest absolute Gasteiger partial charge is 0.458 e. The molecule has 0 saturated heterocycles. The van der Waals surface area contributed by atoms with Crippen LogP contribution in [0.25, 0.3) is 0 Å². The van der Waals surface area contributed by atoms with Crippen LogP contribution in [0, 0.1) is 0 Å². The summed E-state index contributed by atoms with van der Waals surface area (Å²) in [4.78, 5) is 24.7. The molecule has 0 heterocycles. The van der Waals surface area contributed by atoms with Crippen molar-refractivity contribution < 1.29 is 29.1 Å². The fourth-order valence-electron chi connectivity index (χ4n) is 2.23. The van der Waals surface area contributed by atoms with Crippen molar-refractivity contribution in [2.24, 2.45) is 0 Å². The summed E-state index contributed by atoms with van der Waals surface area (Å²) in [5, 5.41) is 21.7. The van der Waals surface area contributed by atoms with E-state index in [1.165, 1.54) is 0 Å². The second kappa shape index (κ2) is 9.08. The van der Waals surface area contributed by atoms with Crippen LogP contribution in [0.1, 0.15) is 47.1 Å². The van der Waals surface area contributed by atoms with Gasteiger partial charge < -0.3 is 24.8 Å². The molecule has 1 aromatic carbocycles. The van der Waals surface area contributed by atoms with Crippen molar-refractivity contribution in [1.82, 2.24) is 5.32 Å². The highest BCUT2D eigenvalue weighted by Crippen LogP contribution is 2.15. The monoisotopic (exact) mass is 443 g/mol. The quantitative estimate of drug-likeness (QED) is 0.474. The zero-order chi connectivity index (χ0) is 21.0. The summed E-state index contributed by atoms with van der Waals surface area (Å²) < 4.78 is 11.3. The van der Waals surface area contributed by atoms with Crippen molar-refractivity contribution in [2.75, 3.05) is 0 Å². The molecular weight excluding hydrogens is 417 g/mol. The normalized spacial score (nSPS) is 12.9. The minimum atomic E-state index is -1.72. The van der Waals surface area contributed by atoms with Gasteiger partial charge in [-0.25, -0.2) is 9.59 Å². The molecule has 1 rings (SSSR count). The Hall–Kier alpha value is -1.58. The Morgan fingerprint density at radius 2 is 1.67 bits per heavy atom. The van der Waals surface area contributed by atoms with Crippen molar-refractivity contribution in [3.05, 3.63) is 28.2 Å². The van der Waals surface area contributed by atoms with Gasteiger partial charge in [-0.05, 0) is 64.7 Å². The molecule has 0 spiro atoms. The Bertz CT molecular complexity index is 681. The Morgan fingerprint density at radius 3 is 2.15 bits per heavy atom. The molecule has 1 amide bonds. The number of amides is 1.